The van der Waals surface area contributed by atoms with Gasteiger partial charge in [-0.05, 0) is 6.07 Å². The minimum atomic E-state index is -0.383. The molecule has 13 heavy (non-hydrogen) atoms. The van der Waals surface area contributed by atoms with Gasteiger partial charge in [0.1, 0.15) is 11.2 Å². The molecular weight excluding hydrogens is 170 g/mol. The number of fused-ring (bicyclic) bond motifs is 1. The highest BCUT2D eigenvalue weighted by atomic mass is 16.1. The van der Waals surface area contributed by atoms with Crippen molar-refractivity contribution in [3.05, 3.63) is 28.3 Å². The first kappa shape index (κ1) is 7.72. The van der Waals surface area contributed by atoms with Crippen LogP contribution in [-0.2, 0) is 7.05 Å². The van der Waals surface area contributed by atoms with E-state index in [1.54, 1.807) is 17.9 Å². The van der Waals surface area contributed by atoms with Crippen LogP contribution in [0.15, 0.2) is 17.2 Å². The Morgan fingerprint density at radius 3 is 3.08 bits per heavy atom. The standard InChI is InChI=1S/C8H7N3O2/c1-11-4-9-6-2-5(3-12)8(13)10-7(6)11/h2-4H,1H3,(H,10,13). The first-order chi connectivity index (χ1) is 6.22. The van der Waals surface area contributed by atoms with Gasteiger partial charge in [-0.1, -0.05) is 0 Å². The lowest BCUT2D eigenvalue weighted by atomic mass is 10.3. The molecule has 0 fully saturated rings. The molecule has 2 rings (SSSR count). The van der Waals surface area contributed by atoms with Gasteiger partial charge in [0, 0.05) is 7.05 Å². The molecule has 5 nitrogen and oxygen atoms in total. The monoisotopic (exact) mass is 177 g/mol. The van der Waals surface area contributed by atoms with Gasteiger partial charge in [-0.2, -0.15) is 0 Å². The third-order valence-electron chi connectivity index (χ3n) is 1.88. The molecule has 2 aromatic rings. The van der Waals surface area contributed by atoms with Crippen LogP contribution in [-0.4, -0.2) is 20.8 Å². The minimum absolute atomic E-state index is 0.103. The van der Waals surface area contributed by atoms with Gasteiger partial charge in [0.25, 0.3) is 5.56 Å². The number of imidazole rings is 1. The lowest BCUT2D eigenvalue weighted by Crippen LogP contribution is -2.12. The first-order valence-corrected chi connectivity index (χ1v) is 3.72. The van der Waals surface area contributed by atoms with E-state index in [1.807, 2.05) is 0 Å². The van der Waals surface area contributed by atoms with Crippen molar-refractivity contribution >= 4 is 17.5 Å². The summed E-state index contributed by atoms with van der Waals surface area (Å²) in [5.74, 6) is 0. The van der Waals surface area contributed by atoms with Crippen molar-refractivity contribution in [3.63, 3.8) is 0 Å². The largest absolute Gasteiger partial charge is 0.320 e. The molecule has 0 aliphatic carbocycles. The molecule has 0 aliphatic heterocycles. The lowest BCUT2D eigenvalue weighted by Gasteiger charge is -1.93. The van der Waals surface area contributed by atoms with E-state index in [2.05, 4.69) is 9.97 Å². The highest BCUT2D eigenvalue weighted by molar-refractivity contribution is 5.81. The van der Waals surface area contributed by atoms with Crippen molar-refractivity contribution in [2.45, 2.75) is 0 Å². The number of aromatic nitrogens is 3. The summed E-state index contributed by atoms with van der Waals surface area (Å²) in [4.78, 5) is 28.2. The highest BCUT2D eigenvalue weighted by Crippen LogP contribution is 2.05. The molecule has 2 aromatic heterocycles. The maximum absolute atomic E-state index is 11.2. The van der Waals surface area contributed by atoms with E-state index in [4.69, 9.17) is 0 Å². The number of aldehydes is 1. The number of carbonyl (C=O) groups is 1. The van der Waals surface area contributed by atoms with E-state index in [0.717, 1.165) is 0 Å². The molecule has 0 saturated carbocycles. The molecule has 0 amide bonds. The number of H-pyrrole nitrogens is 1. The van der Waals surface area contributed by atoms with E-state index >= 15 is 0 Å². The number of carbonyl (C=O) groups excluding carboxylic acids is 1. The zero-order chi connectivity index (χ0) is 9.42. The third-order valence-corrected chi connectivity index (χ3v) is 1.88. The average molecular weight is 177 g/mol. The second-order valence-corrected chi connectivity index (χ2v) is 2.76. The molecule has 2 heterocycles. The van der Waals surface area contributed by atoms with Crippen molar-refractivity contribution in [3.8, 4) is 0 Å². The number of aryl methyl sites for hydroxylation is 1. The van der Waals surface area contributed by atoms with E-state index in [1.165, 1.54) is 6.07 Å². The Morgan fingerprint density at radius 2 is 2.38 bits per heavy atom. The van der Waals surface area contributed by atoms with Gasteiger partial charge in [0.2, 0.25) is 0 Å². The summed E-state index contributed by atoms with van der Waals surface area (Å²) >= 11 is 0. The number of hydrogen-bond donors (Lipinski definition) is 1. The molecule has 1 N–H and O–H groups in total. The fourth-order valence-corrected chi connectivity index (χ4v) is 1.19. The van der Waals surface area contributed by atoms with Crippen LogP contribution in [0.1, 0.15) is 10.4 Å². The summed E-state index contributed by atoms with van der Waals surface area (Å²) in [5, 5.41) is 0. The molecule has 0 atom stereocenters. The van der Waals surface area contributed by atoms with Crippen LogP contribution in [0.25, 0.3) is 11.2 Å². The Morgan fingerprint density at radius 1 is 1.62 bits per heavy atom. The maximum atomic E-state index is 11.2. The Balaban J connectivity index is 2.91. The van der Waals surface area contributed by atoms with Crippen molar-refractivity contribution in [2.75, 3.05) is 0 Å². The fourth-order valence-electron chi connectivity index (χ4n) is 1.19. The SMILES string of the molecule is Cn1cnc2cc(C=O)c(=O)[nH]c21. The summed E-state index contributed by atoms with van der Waals surface area (Å²) in [6.45, 7) is 0. The van der Waals surface area contributed by atoms with Crippen LogP contribution in [0.4, 0.5) is 0 Å². The molecule has 5 heteroatoms. The third kappa shape index (κ3) is 1.05. The predicted molar refractivity (Wildman–Crippen MR) is 46.7 cm³/mol. The van der Waals surface area contributed by atoms with Crippen molar-refractivity contribution in [2.24, 2.45) is 7.05 Å². The summed E-state index contributed by atoms with van der Waals surface area (Å²) in [6, 6.07) is 1.47. The minimum Gasteiger partial charge on any atom is -0.320 e. The van der Waals surface area contributed by atoms with Gasteiger partial charge in [0.05, 0.1) is 11.9 Å². The van der Waals surface area contributed by atoms with Gasteiger partial charge in [0.15, 0.2) is 6.29 Å². The Hall–Kier alpha value is -1.91. The summed E-state index contributed by atoms with van der Waals surface area (Å²) in [5.41, 5.74) is 0.956. The first-order valence-electron chi connectivity index (χ1n) is 3.72. The van der Waals surface area contributed by atoms with Crippen LogP contribution < -0.4 is 5.56 Å². The number of aromatic amines is 1. The topological polar surface area (TPSA) is 67.8 Å². The summed E-state index contributed by atoms with van der Waals surface area (Å²) < 4.78 is 1.69. The van der Waals surface area contributed by atoms with Gasteiger partial charge in [-0.15, -0.1) is 0 Å². The second-order valence-electron chi connectivity index (χ2n) is 2.76. The van der Waals surface area contributed by atoms with Crippen LogP contribution >= 0.6 is 0 Å². The van der Waals surface area contributed by atoms with Gasteiger partial charge < -0.3 is 9.55 Å². The van der Waals surface area contributed by atoms with Crippen molar-refractivity contribution in [1.82, 2.24) is 14.5 Å². The second kappa shape index (κ2) is 2.55. The van der Waals surface area contributed by atoms with E-state index in [-0.39, 0.29) is 11.1 Å². The van der Waals surface area contributed by atoms with E-state index in [0.29, 0.717) is 17.5 Å². The van der Waals surface area contributed by atoms with Crippen LogP contribution in [0.2, 0.25) is 0 Å². The molecule has 0 saturated heterocycles. The van der Waals surface area contributed by atoms with Gasteiger partial charge in [-0.3, -0.25) is 9.59 Å². The zero-order valence-electron chi connectivity index (χ0n) is 6.94. The Bertz CT molecular complexity index is 524. The van der Waals surface area contributed by atoms with Crippen molar-refractivity contribution < 1.29 is 4.79 Å². The van der Waals surface area contributed by atoms with Crippen LogP contribution in [0, 0.1) is 0 Å². The fraction of sp³-hybridized carbons (Fsp3) is 0.125. The Labute approximate surface area is 73.0 Å². The predicted octanol–water partition coefficient (Wildman–Crippen LogP) is 0.0741. The molecule has 0 unspecified atom stereocenters. The molecule has 0 radical (unpaired) electrons. The number of hydrogen-bond acceptors (Lipinski definition) is 3. The lowest BCUT2D eigenvalue weighted by molar-refractivity contribution is 0.112. The molecule has 0 aliphatic rings. The number of pyridine rings is 1. The molecule has 0 aromatic carbocycles. The smallest absolute Gasteiger partial charge is 0.260 e. The number of nitrogens with zero attached hydrogens (tertiary/aromatic N) is 2. The van der Waals surface area contributed by atoms with Gasteiger partial charge >= 0.3 is 0 Å². The quantitative estimate of drug-likeness (QED) is 0.627. The molecule has 0 bridgehead atoms. The number of rotatable bonds is 1. The van der Waals surface area contributed by atoms with Crippen LogP contribution in [0.3, 0.4) is 0 Å². The van der Waals surface area contributed by atoms with Crippen LogP contribution in [0.5, 0.6) is 0 Å². The molecule has 66 valence electrons. The molecular formula is C8H7N3O2. The molecule has 0 spiro atoms. The average Bonchev–Trinajstić information content (AvgIpc) is 2.47. The normalized spacial score (nSPS) is 10.5. The number of nitrogens with one attached hydrogen (secondary N) is 1. The summed E-state index contributed by atoms with van der Waals surface area (Å²) in [7, 11) is 1.77. The zero-order valence-corrected chi connectivity index (χ0v) is 6.94. The van der Waals surface area contributed by atoms with E-state index in [9.17, 15) is 9.59 Å². The van der Waals surface area contributed by atoms with Gasteiger partial charge in [-0.25, -0.2) is 4.98 Å². The van der Waals surface area contributed by atoms with Crippen molar-refractivity contribution in [1.29, 1.82) is 0 Å². The van der Waals surface area contributed by atoms with E-state index < -0.39 is 0 Å². The summed E-state index contributed by atoms with van der Waals surface area (Å²) in [6.07, 6.45) is 2.10. The highest BCUT2D eigenvalue weighted by Gasteiger charge is 2.04. The maximum Gasteiger partial charge on any atom is 0.260 e. The Kier molecular flexibility index (Phi) is 1.51.